The number of rotatable bonds is 2. The lowest BCUT2D eigenvalue weighted by Gasteiger charge is -2.40. The van der Waals surface area contributed by atoms with Gasteiger partial charge in [0.25, 0.3) is 0 Å². The van der Waals surface area contributed by atoms with Crippen molar-refractivity contribution >= 4 is 8.32 Å². The van der Waals surface area contributed by atoms with Crippen molar-refractivity contribution in [3.05, 3.63) is 0 Å². The maximum atomic E-state index is 6.51. The van der Waals surface area contributed by atoms with Crippen molar-refractivity contribution in [2.45, 2.75) is 64.8 Å². The van der Waals surface area contributed by atoms with E-state index in [1.807, 2.05) is 0 Å². The minimum atomic E-state index is -1.60. The minimum absolute atomic E-state index is 0.318. The van der Waals surface area contributed by atoms with Crippen LogP contribution in [-0.2, 0) is 4.43 Å². The van der Waals surface area contributed by atoms with Crippen LogP contribution < -0.4 is 5.32 Å². The van der Waals surface area contributed by atoms with Gasteiger partial charge in [0.15, 0.2) is 8.32 Å². The van der Waals surface area contributed by atoms with Gasteiger partial charge >= 0.3 is 0 Å². The van der Waals surface area contributed by atoms with Gasteiger partial charge in [0, 0.05) is 6.54 Å². The molecule has 1 saturated heterocycles. The van der Waals surface area contributed by atoms with Crippen LogP contribution in [-0.4, -0.2) is 27.5 Å². The molecule has 0 radical (unpaired) electrons. The van der Waals surface area contributed by atoms with E-state index in [4.69, 9.17) is 4.43 Å². The Morgan fingerprint density at radius 2 is 1.88 bits per heavy atom. The van der Waals surface area contributed by atoms with Crippen molar-refractivity contribution in [1.29, 1.82) is 0 Å². The van der Waals surface area contributed by atoms with Crippen LogP contribution in [0.1, 0.15) is 40.5 Å². The summed E-state index contributed by atoms with van der Waals surface area (Å²) in [5.74, 6) is 0.698. The summed E-state index contributed by atoms with van der Waals surface area (Å²) in [6.45, 7) is 16.2. The Balaban J connectivity index is 2.64. The fourth-order valence-electron chi connectivity index (χ4n) is 1.89. The molecular weight excluding hydrogens is 214 g/mol. The van der Waals surface area contributed by atoms with Crippen LogP contribution in [0.25, 0.3) is 0 Å². The van der Waals surface area contributed by atoms with Gasteiger partial charge in [-0.25, -0.2) is 0 Å². The molecule has 0 aromatic heterocycles. The van der Waals surface area contributed by atoms with Crippen molar-refractivity contribution in [2.24, 2.45) is 5.92 Å². The molecule has 2 atom stereocenters. The average Bonchev–Trinajstić information content (AvgIpc) is 2.30. The van der Waals surface area contributed by atoms with E-state index >= 15 is 0 Å². The Labute approximate surface area is 102 Å². The molecule has 2 nitrogen and oxygen atoms in total. The highest BCUT2D eigenvalue weighted by Crippen LogP contribution is 2.38. The van der Waals surface area contributed by atoms with E-state index in [1.165, 1.54) is 12.8 Å². The van der Waals surface area contributed by atoms with Gasteiger partial charge in [-0.05, 0) is 43.4 Å². The Bertz CT molecular complexity index is 222. The number of nitrogens with one attached hydrogen (secondary N) is 1. The van der Waals surface area contributed by atoms with Crippen molar-refractivity contribution in [1.82, 2.24) is 5.32 Å². The molecule has 0 aromatic rings. The quantitative estimate of drug-likeness (QED) is 0.751. The van der Waals surface area contributed by atoms with E-state index in [-0.39, 0.29) is 0 Å². The van der Waals surface area contributed by atoms with Crippen LogP contribution in [0.2, 0.25) is 18.1 Å². The lowest BCUT2D eigenvalue weighted by molar-refractivity contribution is 0.128. The first-order chi connectivity index (χ1) is 7.24. The van der Waals surface area contributed by atoms with E-state index in [0.717, 1.165) is 13.1 Å². The number of hydrogen-bond donors (Lipinski definition) is 1. The molecule has 2 unspecified atom stereocenters. The summed E-state index contributed by atoms with van der Waals surface area (Å²) in [6, 6.07) is 0. The highest BCUT2D eigenvalue weighted by molar-refractivity contribution is 6.74. The molecule has 0 aliphatic carbocycles. The number of hydrogen-bond acceptors (Lipinski definition) is 2. The molecule has 1 rings (SSSR count). The van der Waals surface area contributed by atoms with E-state index in [2.05, 4.69) is 46.1 Å². The van der Waals surface area contributed by atoms with Gasteiger partial charge in [0.05, 0.1) is 6.10 Å². The summed E-state index contributed by atoms with van der Waals surface area (Å²) in [4.78, 5) is 0. The normalized spacial score (nSPS) is 28.9. The Morgan fingerprint density at radius 3 is 2.44 bits per heavy atom. The minimum Gasteiger partial charge on any atom is -0.412 e. The van der Waals surface area contributed by atoms with Crippen LogP contribution in [0.4, 0.5) is 0 Å². The third kappa shape index (κ3) is 3.57. The largest absolute Gasteiger partial charge is 0.412 e. The van der Waals surface area contributed by atoms with Crippen LogP contribution >= 0.6 is 0 Å². The molecule has 96 valence electrons. The zero-order valence-electron chi connectivity index (χ0n) is 11.9. The van der Waals surface area contributed by atoms with Gasteiger partial charge in [0.1, 0.15) is 0 Å². The second-order valence-electron chi connectivity index (χ2n) is 6.74. The molecule has 0 aromatic carbocycles. The van der Waals surface area contributed by atoms with Crippen LogP contribution in [0, 0.1) is 5.92 Å². The summed E-state index contributed by atoms with van der Waals surface area (Å²) in [5.41, 5.74) is 0. The van der Waals surface area contributed by atoms with Gasteiger partial charge in [-0.3, -0.25) is 0 Å². The molecule has 1 heterocycles. The zero-order chi connectivity index (χ0) is 12.4. The summed E-state index contributed by atoms with van der Waals surface area (Å²) < 4.78 is 6.51. The molecule has 3 heteroatoms. The molecule has 1 N–H and O–H groups in total. The predicted octanol–water partition coefficient (Wildman–Crippen LogP) is 3.40. The zero-order valence-corrected chi connectivity index (χ0v) is 12.9. The fourth-order valence-corrected chi connectivity index (χ4v) is 3.32. The Hall–Kier alpha value is 0.137. The summed E-state index contributed by atoms with van der Waals surface area (Å²) in [7, 11) is -1.60. The SMILES string of the molecule is CC1CCCNCC1O[Si](C)(C)C(C)(C)C. The van der Waals surface area contributed by atoms with Crippen LogP contribution in [0.5, 0.6) is 0 Å². The standard InChI is InChI=1S/C13H29NOSi/c1-11-8-7-9-14-10-12(11)15-16(5,6)13(2,3)4/h11-12,14H,7-10H2,1-6H3. The summed E-state index contributed by atoms with van der Waals surface area (Å²) in [5, 5.41) is 3.82. The van der Waals surface area contributed by atoms with Crippen molar-refractivity contribution < 1.29 is 4.43 Å². The van der Waals surface area contributed by atoms with Crippen LogP contribution in [0.3, 0.4) is 0 Å². The monoisotopic (exact) mass is 243 g/mol. The van der Waals surface area contributed by atoms with Gasteiger partial charge in [-0.15, -0.1) is 0 Å². The fraction of sp³-hybridized carbons (Fsp3) is 1.00. The third-order valence-electron chi connectivity index (χ3n) is 4.25. The van der Waals surface area contributed by atoms with Gasteiger partial charge in [-0.1, -0.05) is 27.7 Å². The van der Waals surface area contributed by atoms with E-state index in [9.17, 15) is 0 Å². The second-order valence-corrected chi connectivity index (χ2v) is 11.5. The topological polar surface area (TPSA) is 21.3 Å². The Morgan fingerprint density at radius 1 is 1.25 bits per heavy atom. The predicted molar refractivity (Wildman–Crippen MR) is 73.3 cm³/mol. The lowest BCUT2D eigenvalue weighted by Crippen LogP contribution is -2.47. The summed E-state index contributed by atoms with van der Waals surface area (Å²) in [6.07, 6.45) is 3.01. The molecule has 1 aliphatic rings. The van der Waals surface area contributed by atoms with Gasteiger partial charge in [-0.2, -0.15) is 0 Å². The van der Waals surface area contributed by atoms with E-state index in [1.54, 1.807) is 0 Å². The highest BCUT2D eigenvalue weighted by atomic mass is 28.4. The van der Waals surface area contributed by atoms with Crippen LogP contribution in [0.15, 0.2) is 0 Å². The molecule has 0 amide bonds. The van der Waals surface area contributed by atoms with Crippen molar-refractivity contribution in [2.75, 3.05) is 13.1 Å². The van der Waals surface area contributed by atoms with Crippen molar-refractivity contribution in [3.63, 3.8) is 0 Å². The smallest absolute Gasteiger partial charge is 0.192 e. The van der Waals surface area contributed by atoms with Crippen molar-refractivity contribution in [3.8, 4) is 0 Å². The first kappa shape index (κ1) is 14.2. The molecule has 0 spiro atoms. The molecule has 1 aliphatic heterocycles. The van der Waals surface area contributed by atoms with E-state index < -0.39 is 8.32 Å². The highest BCUT2D eigenvalue weighted by Gasteiger charge is 2.40. The first-order valence-corrected chi connectivity index (χ1v) is 9.53. The average molecular weight is 243 g/mol. The first-order valence-electron chi connectivity index (χ1n) is 6.62. The second kappa shape index (κ2) is 5.19. The maximum Gasteiger partial charge on any atom is 0.192 e. The Kier molecular flexibility index (Phi) is 4.61. The molecule has 16 heavy (non-hydrogen) atoms. The van der Waals surface area contributed by atoms with Gasteiger partial charge in [0.2, 0.25) is 0 Å². The molecule has 0 saturated carbocycles. The summed E-state index contributed by atoms with van der Waals surface area (Å²) >= 11 is 0. The van der Waals surface area contributed by atoms with Gasteiger partial charge < -0.3 is 9.74 Å². The molecular formula is C13H29NOSi. The maximum absolute atomic E-state index is 6.51. The lowest BCUT2D eigenvalue weighted by atomic mass is 10.0. The third-order valence-corrected chi connectivity index (χ3v) is 8.75. The molecule has 1 fully saturated rings. The van der Waals surface area contributed by atoms with E-state index in [0.29, 0.717) is 17.1 Å². The molecule has 0 bridgehead atoms.